The van der Waals surface area contributed by atoms with Crippen molar-refractivity contribution in [3.63, 3.8) is 0 Å². The summed E-state index contributed by atoms with van der Waals surface area (Å²) in [5.41, 5.74) is 0.677. The largest absolute Gasteiger partial charge is 0.481 e. The number of rotatable bonds is 6. The topological polar surface area (TPSA) is 88.3 Å². The first-order chi connectivity index (χ1) is 11.5. The fourth-order valence-electron chi connectivity index (χ4n) is 2.36. The molecule has 1 aromatic carbocycles. The van der Waals surface area contributed by atoms with Gasteiger partial charge in [0.25, 0.3) is 5.91 Å². The molecule has 1 fully saturated rings. The molecule has 1 heterocycles. The van der Waals surface area contributed by atoms with Gasteiger partial charge in [0.2, 0.25) is 0 Å². The first-order valence-electron chi connectivity index (χ1n) is 7.68. The highest BCUT2D eigenvalue weighted by Gasteiger charge is 2.36. The third kappa shape index (κ3) is 3.42. The lowest BCUT2D eigenvalue weighted by molar-refractivity contribution is -0.141. The SMILES string of the molecule is CC(CN(C(=O)c1cnn(-c2ccc(F)cc2)n1)C1CC1)C(=O)O. The van der Waals surface area contributed by atoms with Gasteiger partial charge in [0, 0.05) is 12.6 Å². The molecule has 0 aliphatic heterocycles. The van der Waals surface area contributed by atoms with Crippen LogP contribution < -0.4 is 0 Å². The summed E-state index contributed by atoms with van der Waals surface area (Å²) in [7, 11) is 0. The maximum atomic E-state index is 13.0. The van der Waals surface area contributed by atoms with Crippen molar-refractivity contribution < 1.29 is 19.1 Å². The van der Waals surface area contributed by atoms with Gasteiger partial charge in [0.05, 0.1) is 17.8 Å². The summed E-state index contributed by atoms with van der Waals surface area (Å²) in [4.78, 5) is 26.5. The van der Waals surface area contributed by atoms with Crippen molar-refractivity contribution in [1.82, 2.24) is 19.9 Å². The molecular weight excluding hydrogens is 315 g/mol. The van der Waals surface area contributed by atoms with Crippen molar-refractivity contribution in [1.29, 1.82) is 0 Å². The van der Waals surface area contributed by atoms with Crippen LogP contribution in [0, 0.1) is 11.7 Å². The van der Waals surface area contributed by atoms with Crippen LogP contribution >= 0.6 is 0 Å². The van der Waals surface area contributed by atoms with E-state index >= 15 is 0 Å². The van der Waals surface area contributed by atoms with Crippen molar-refractivity contribution in [2.24, 2.45) is 5.92 Å². The first kappa shape index (κ1) is 16.1. The highest BCUT2D eigenvalue weighted by molar-refractivity contribution is 5.92. The maximum absolute atomic E-state index is 13.0. The zero-order valence-electron chi connectivity index (χ0n) is 13.1. The minimum absolute atomic E-state index is 0.0651. The number of carboxylic acids is 1. The molecule has 0 bridgehead atoms. The van der Waals surface area contributed by atoms with Gasteiger partial charge in [0.15, 0.2) is 5.69 Å². The highest BCUT2D eigenvalue weighted by atomic mass is 19.1. The number of carbonyl (C=O) groups is 2. The van der Waals surface area contributed by atoms with Gasteiger partial charge >= 0.3 is 5.97 Å². The molecule has 1 unspecified atom stereocenters. The summed E-state index contributed by atoms with van der Waals surface area (Å²) in [6, 6.07) is 5.65. The molecule has 126 valence electrons. The summed E-state index contributed by atoms with van der Waals surface area (Å²) < 4.78 is 13.0. The van der Waals surface area contributed by atoms with E-state index in [1.54, 1.807) is 11.8 Å². The fraction of sp³-hybridized carbons (Fsp3) is 0.375. The number of nitrogens with zero attached hydrogens (tertiary/aromatic N) is 4. The van der Waals surface area contributed by atoms with Gasteiger partial charge in [-0.05, 0) is 37.1 Å². The Hall–Kier alpha value is -2.77. The van der Waals surface area contributed by atoms with Crippen LogP contribution in [0.15, 0.2) is 30.5 Å². The van der Waals surface area contributed by atoms with Crippen LogP contribution in [0.5, 0.6) is 0 Å². The van der Waals surface area contributed by atoms with Gasteiger partial charge < -0.3 is 10.0 Å². The van der Waals surface area contributed by atoms with Crippen LogP contribution in [0.1, 0.15) is 30.3 Å². The van der Waals surface area contributed by atoms with Gasteiger partial charge in [0.1, 0.15) is 5.82 Å². The number of amides is 1. The molecular formula is C16H17FN4O3. The lowest BCUT2D eigenvalue weighted by atomic mass is 10.1. The molecule has 0 radical (unpaired) electrons. The van der Waals surface area contributed by atoms with E-state index in [0.717, 1.165) is 12.8 Å². The molecule has 1 saturated carbocycles. The number of halogens is 1. The molecule has 0 saturated heterocycles. The van der Waals surface area contributed by atoms with E-state index in [9.17, 15) is 14.0 Å². The Bertz CT molecular complexity index is 755. The highest BCUT2D eigenvalue weighted by Crippen LogP contribution is 2.28. The number of carboxylic acid groups (broad SMARTS) is 1. The van der Waals surface area contributed by atoms with Crippen LogP contribution in [0.25, 0.3) is 5.69 Å². The average Bonchev–Trinajstić information content (AvgIpc) is 3.28. The second kappa shape index (κ2) is 6.38. The van der Waals surface area contributed by atoms with Gasteiger partial charge in [-0.15, -0.1) is 5.10 Å². The summed E-state index contributed by atoms with van der Waals surface area (Å²) >= 11 is 0. The van der Waals surface area contributed by atoms with Crippen molar-refractivity contribution in [2.45, 2.75) is 25.8 Å². The third-order valence-corrected chi connectivity index (χ3v) is 3.91. The van der Waals surface area contributed by atoms with Gasteiger partial charge in [-0.3, -0.25) is 9.59 Å². The van der Waals surface area contributed by atoms with Gasteiger partial charge in [-0.25, -0.2) is 4.39 Å². The minimum atomic E-state index is -0.941. The Morgan fingerprint density at radius 3 is 2.62 bits per heavy atom. The molecule has 1 aliphatic carbocycles. The summed E-state index contributed by atoms with van der Waals surface area (Å²) in [6.07, 6.45) is 3.07. The van der Waals surface area contributed by atoms with Crippen molar-refractivity contribution >= 4 is 11.9 Å². The van der Waals surface area contributed by atoms with Crippen molar-refractivity contribution in [3.05, 3.63) is 42.0 Å². The quantitative estimate of drug-likeness (QED) is 0.870. The Morgan fingerprint density at radius 1 is 1.38 bits per heavy atom. The second-order valence-electron chi connectivity index (χ2n) is 5.92. The van der Waals surface area contributed by atoms with E-state index in [-0.39, 0.29) is 30.0 Å². The molecule has 8 heteroatoms. The number of hydrogen-bond acceptors (Lipinski definition) is 4. The van der Waals surface area contributed by atoms with Crippen molar-refractivity contribution in [3.8, 4) is 5.69 Å². The average molecular weight is 332 g/mol. The Morgan fingerprint density at radius 2 is 2.04 bits per heavy atom. The van der Waals surface area contributed by atoms with E-state index in [4.69, 9.17) is 5.11 Å². The lowest BCUT2D eigenvalue weighted by Crippen LogP contribution is -2.38. The standard InChI is InChI=1S/C16H17FN4O3/c1-10(16(23)24)9-20(12-6-7-12)15(22)14-8-18-21(19-14)13-4-2-11(17)3-5-13/h2-5,8,10,12H,6-7,9H2,1H3,(H,23,24). The molecule has 0 spiro atoms. The fourth-order valence-corrected chi connectivity index (χ4v) is 2.36. The molecule has 1 atom stereocenters. The number of hydrogen-bond donors (Lipinski definition) is 1. The number of carbonyl (C=O) groups excluding carboxylic acids is 1. The summed E-state index contributed by atoms with van der Waals surface area (Å²) in [5.74, 6) is -2.30. The smallest absolute Gasteiger partial charge is 0.308 e. The van der Waals surface area contributed by atoms with Crippen LogP contribution in [-0.4, -0.2) is 49.5 Å². The predicted octanol–water partition coefficient (Wildman–Crippen LogP) is 1.73. The zero-order valence-corrected chi connectivity index (χ0v) is 13.1. The molecule has 1 aromatic heterocycles. The molecule has 1 N–H and O–H groups in total. The van der Waals surface area contributed by atoms with Crippen LogP contribution in [-0.2, 0) is 4.79 Å². The monoisotopic (exact) mass is 332 g/mol. The van der Waals surface area contributed by atoms with Crippen molar-refractivity contribution in [2.75, 3.05) is 6.54 Å². The Kier molecular flexibility index (Phi) is 4.28. The second-order valence-corrected chi connectivity index (χ2v) is 5.92. The van der Waals surface area contributed by atoms with Gasteiger partial charge in [-0.1, -0.05) is 6.92 Å². The van der Waals surface area contributed by atoms with E-state index in [0.29, 0.717) is 5.69 Å². The molecule has 7 nitrogen and oxygen atoms in total. The molecule has 24 heavy (non-hydrogen) atoms. The maximum Gasteiger partial charge on any atom is 0.308 e. The molecule has 1 aliphatic rings. The number of aromatic nitrogens is 3. The zero-order chi connectivity index (χ0) is 17.3. The van der Waals surface area contributed by atoms with Crippen LogP contribution in [0.3, 0.4) is 0 Å². The normalized spacial score (nSPS) is 15.1. The van der Waals surface area contributed by atoms with E-state index in [1.807, 2.05) is 0 Å². The predicted molar refractivity (Wildman–Crippen MR) is 82.2 cm³/mol. The molecule has 2 aromatic rings. The lowest BCUT2D eigenvalue weighted by Gasteiger charge is -2.23. The Balaban J connectivity index is 1.78. The first-order valence-corrected chi connectivity index (χ1v) is 7.68. The molecule has 1 amide bonds. The summed E-state index contributed by atoms with van der Waals surface area (Å²) in [5, 5.41) is 17.2. The number of aliphatic carboxylic acids is 1. The minimum Gasteiger partial charge on any atom is -0.481 e. The summed E-state index contributed by atoms with van der Waals surface area (Å²) in [6.45, 7) is 1.71. The number of benzene rings is 1. The Labute approximate surface area is 137 Å². The molecule has 3 rings (SSSR count). The van der Waals surface area contributed by atoms with Gasteiger partial charge in [-0.2, -0.15) is 9.90 Å². The van der Waals surface area contributed by atoms with Crippen LogP contribution in [0.4, 0.5) is 4.39 Å². The van der Waals surface area contributed by atoms with Crippen LogP contribution in [0.2, 0.25) is 0 Å². The third-order valence-electron chi connectivity index (χ3n) is 3.91. The van der Waals surface area contributed by atoms with E-state index < -0.39 is 11.9 Å². The van der Waals surface area contributed by atoms with E-state index in [2.05, 4.69) is 10.2 Å². The van der Waals surface area contributed by atoms with E-state index in [1.165, 1.54) is 35.3 Å².